The summed E-state index contributed by atoms with van der Waals surface area (Å²) in [4.78, 5) is 38.3. The standard InChI is InChI=1S/C18H21ClN2O6S2/c1-11(10-19)15(18(24)27-2)21-16(23)14(17(21)28-29(3,25)26)20-13(22)9-12-7-5-4-6-8-12/h4-8,14-15,17H,1,9-10H2,2-3H3,(H,20,22). The molecule has 11 heteroatoms. The van der Waals surface area contributed by atoms with Crippen molar-refractivity contribution in [3.63, 3.8) is 0 Å². The Kier molecular flexibility index (Phi) is 7.73. The highest BCUT2D eigenvalue weighted by atomic mass is 35.5. The van der Waals surface area contributed by atoms with Crippen molar-refractivity contribution in [1.82, 2.24) is 10.2 Å². The summed E-state index contributed by atoms with van der Waals surface area (Å²) in [6, 6.07) is 6.53. The second-order valence-corrected chi connectivity index (χ2v) is 11.1. The van der Waals surface area contributed by atoms with Gasteiger partial charge in [-0.3, -0.25) is 9.59 Å². The molecule has 1 aliphatic rings. The minimum absolute atomic E-state index is 0.0235. The Labute approximate surface area is 177 Å². The van der Waals surface area contributed by atoms with Crippen LogP contribution in [-0.4, -0.2) is 67.8 Å². The Bertz CT molecular complexity index is 890. The summed E-state index contributed by atoms with van der Waals surface area (Å²) in [7, 11) is -2.01. The minimum Gasteiger partial charge on any atom is -0.467 e. The molecule has 1 fully saturated rings. The third kappa shape index (κ3) is 5.74. The molecule has 1 aromatic rings. The van der Waals surface area contributed by atoms with Gasteiger partial charge in [-0.2, -0.15) is 0 Å². The lowest BCUT2D eigenvalue weighted by atomic mass is 9.99. The van der Waals surface area contributed by atoms with Crippen molar-refractivity contribution in [2.24, 2.45) is 0 Å². The molecular formula is C18H21ClN2O6S2. The van der Waals surface area contributed by atoms with Crippen LogP contribution in [0.15, 0.2) is 42.5 Å². The van der Waals surface area contributed by atoms with E-state index >= 15 is 0 Å². The number of methoxy groups -OCH3 is 1. The van der Waals surface area contributed by atoms with Crippen molar-refractivity contribution in [3.05, 3.63) is 48.0 Å². The van der Waals surface area contributed by atoms with E-state index in [9.17, 15) is 22.8 Å². The molecule has 0 aromatic heterocycles. The highest BCUT2D eigenvalue weighted by Crippen LogP contribution is 2.37. The Morgan fingerprint density at radius 3 is 2.48 bits per heavy atom. The van der Waals surface area contributed by atoms with Gasteiger partial charge >= 0.3 is 5.97 Å². The minimum atomic E-state index is -3.61. The number of hydrogen-bond donors (Lipinski definition) is 1. The maximum atomic E-state index is 12.7. The normalized spacial score (nSPS) is 19.8. The predicted molar refractivity (Wildman–Crippen MR) is 111 cm³/mol. The van der Waals surface area contributed by atoms with Crippen molar-refractivity contribution in [2.45, 2.75) is 23.9 Å². The number of benzene rings is 1. The molecule has 0 bridgehead atoms. The first-order valence-corrected chi connectivity index (χ1v) is 12.3. The maximum Gasteiger partial charge on any atom is 0.333 e. The van der Waals surface area contributed by atoms with E-state index in [4.69, 9.17) is 16.3 Å². The second-order valence-electron chi connectivity index (χ2n) is 6.36. The smallest absolute Gasteiger partial charge is 0.333 e. The summed E-state index contributed by atoms with van der Waals surface area (Å²) < 4.78 is 28.4. The average molecular weight is 461 g/mol. The third-order valence-electron chi connectivity index (χ3n) is 4.14. The van der Waals surface area contributed by atoms with Crippen LogP contribution in [0.5, 0.6) is 0 Å². The molecule has 1 saturated heterocycles. The average Bonchev–Trinajstić information content (AvgIpc) is 2.68. The monoisotopic (exact) mass is 460 g/mol. The second kappa shape index (κ2) is 9.64. The van der Waals surface area contributed by atoms with Crippen LogP contribution in [0.2, 0.25) is 0 Å². The molecule has 158 valence electrons. The van der Waals surface area contributed by atoms with E-state index in [1.54, 1.807) is 24.3 Å². The molecular weight excluding hydrogens is 440 g/mol. The number of nitrogens with zero attached hydrogens (tertiary/aromatic N) is 1. The molecule has 1 aromatic carbocycles. The summed E-state index contributed by atoms with van der Waals surface area (Å²) in [5, 5.41) is 1.53. The molecule has 3 atom stereocenters. The van der Waals surface area contributed by atoms with Gasteiger partial charge in [-0.25, -0.2) is 13.2 Å². The molecule has 29 heavy (non-hydrogen) atoms. The SMILES string of the molecule is C=C(CCl)C(C(=O)OC)N1C(=O)C(NC(=O)Cc2ccccc2)C1SS(C)(=O)=O. The number of likely N-dealkylation sites (tertiary alicyclic amines) is 1. The van der Waals surface area contributed by atoms with Crippen LogP contribution in [0.3, 0.4) is 0 Å². The number of β-lactam (4-membered cyclic amide) rings is 1. The number of amides is 2. The van der Waals surface area contributed by atoms with Crippen molar-refractivity contribution in [3.8, 4) is 0 Å². The number of halogens is 1. The van der Waals surface area contributed by atoms with Gasteiger partial charge in [0.2, 0.25) is 20.7 Å². The largest absolute Gasteiger partial charge is 0.467 e. The summed E-state index contributed by atoms with van der Waals surface area (Å²) in [6.45, 7) is 3.68. The first kappa shape index (κ1) is 23.2. The highest BCUT2D eigenvalue weighted by Gasteiger charge is 2.55. The van der Waals surface area contributed by atoms with Gasteiger partial charge in [0, 0.05) is 12.1 Å². The van der Waals surface area contributed by atoms with Crippen LogP contribution in [0.25, 0.3) is 0 Å². The van der Waals surface area contributed by atoms with Crippen molar-refractivity contribution in [2.75, 3.05) is 19.2 Å². The zero-order chi connectivity index (χ0) is 21.8. The summed E-state index contributed by atoms with van der Waals surface area (Å²) in [5.74, 6) is -1.99. The molecule has 0 spiro atoms. The number of nitrogens with one attached hydrogen (secondary N) is 1. The zero-order valence-electron chi connectivity index (χ0n) is 15.8. The highest BCUT2D eigenvalue weighted by molar-refractivity contribution is 8.72. The maximum absolute atomic E-state index is 12.7. The molecule has 0 aliphatic carbocycles. The zero-order valence-corrected chi connectivity index (χ0v) is 18.2. The van der Waals surface area contributed by atoms with Crippen molar-refractivity contribution in [1.29, 1.82) is 0 Å². The molecule has 1 aliphatic heterocycles. The van der Waals surface area contributed by atoms with Gasteiger partial charge in [-0.05, 0) is 21.9 Å². The van der Waals surface area contributed by atoms with E-state index < -0.39 is 44.1 Å². The van der Waals surface area contributed by atoms with Crippen molar-refractivity contribution >= 4 is 49.0 Å². The Balaban J connectivity index is 2.24. The van der Waals surface area contributed by atoms with Crippen molar-refractivity contribution < 1.29 is 27.5 Å². The lowest BCUT2D eigenvalue weighted by Gasteiger charge is -2.49. The van der Waals surface area contributed by atoms with Crippen LogP contribution in [0.4, 0.5) is 0 Å². The molecule has 3 unspecified atom stereocenters. The molecule has 8 nitrogen and oxygen atoms in total. The third-order valence-corrected chi connectivity index (χ3v) is 7.17. The molecule has 0 saturated carbocycles. The summed E-state index contributed by atoms with van der Waals surface area (Å²) in [5.41, 5.74) is 0.920. The van der Waals surface area contributed by atoms with Gasteiger partial charge in [0.05, 0.1) is 13.5 Å². The fraction of sp³-hybridized carbons (Fsp3) is 0.389. The molecule has 1 N–H and O–H groups in total. The van der Waals surface area contributed by atoms with Crippen LogP contribution in [-0.2, 0) is 34.4 Å². The van der Waals surface area contributed by atoms with E-state index in [0.717, 1.165) is 23.8 Å². The molecule has 2 rings (SSSR count). The van der Waals surface area contributed by atoms with Crippen LogP contribution >= 0.6 is 22.4 Å². The number of carbonyl (C=O) groups is 3. The lowest BCUT2D eigenvalue weighted by molar-refractivity contribution is -0.161. The lowest BCUT2D eigenvalue weighted by Crippen LogP contribution is -2.73. The Morgan fingerprint density at radius 1 is 1.34 bits per heavy atom. The summed E-state index contributed by atoms with van der Waals surface area (Å²) >= 11 is 5.77. The van der Waals surface area contributed by atoms with Crippen LogP contribution in [0, 0.1) is 0 Å². The number of esters is 1. The van der Waals surface area contributed by atoms with Crippen LogP contribution in [0.1, 0.15) is 5.56 Å². The van der Waals surface area contributed by atoms with Gasteiger partial charge in [0.25, 0.3) is 0 Å². The van der Waals surface area contributed by atoms with Gasteiger partial charge in [0.1, 0.15) is 11.4 Å². The van der Waals surface area contributed by atoms with E-state index in [-0.39, 0.29) is 17.9 Å². The first-order valence-electron chi connectivity index (χ1n) is 8.44. The number of ether oxygens (including phenoxy) is 1. The van der Waals surface area contributed by atoms with E-state index in [0.29, 0.717) is 10.8 Å². The molecule has 0 radical (unpaired) electrons. The molecule has 1 heterocycles. The van der Waals surface area contributed by atoms with Crippen LogP contribution < -0.4 is 5.32 Å². The fourth-order valence-electron chi connectivity index (χ4n) is 2.84. The van der Waals surface area contributed by atoms with E-state index in [2.05, 4.69) is 11.9 Å². The predicted octanol–water partition coefficient (Wildman–Crippen LogP) is 0.912. The summed E-state index contributed by atoms with van der Waals surface area (Å²) in [6.07, 6.45) is 1.00. The molecule has 2 amide bonds. The van der Waals surface area contributed by atoms with E-state index in [1.165, 1.54) is 0 Å². The van der Waals surface area contributed by atoms with Gasteiger partial charge < -0.3 is 15.0 Å². The number of alkyl halides is 1. The van der Waals surface area contributed by atoms with Gasteiger partial charge in [-0.1, -0.05) is 36.9 Å². The Hall–Kier alpha value is -2.04. The quantitative estimate of drug-likeness (QED) is 0.192. The topological polar surface area (TPSA) is 110 Å². The number of carbonyl (C=O) groups excluding carboxylic acids is 3. The number of hydrogen-bond acceptors (Lipinski definition) is 7. The fourth-order valence-corrected chi connectivity index (χ4v) is 5.65. The first-order chi connectivity index (χ1) is 13.6. The van der Waals surface area contributed by atoms with E-state index in [1.807, 2.05) is 6.07 Å². The Morgan fingerprint density at radius 2 is 1.97 bits per heavy atom. The van der Waals surface area contributed by atoms with Gasteiger partial charge in [0.15, 0.2) is 6.04 Å². The van der Waals surface area contributed by atoms with Gasteiger partial charge in [-0.15, -0.1) is 11.6 Å². The number of rotatable bonds is 9.